The number of ether oxygens (including phenoxy) is 2. The van der Waals surface area contributed by atoms with Gasteiger partial charge in [-0.15, -0.1) is 0 Å². The van der Waals surface area contributed by atoms with Crippen LogP contribution in [0.2, 0.25) is 0 Å². The van der Waals surface area contributed by atoms with Crippen LogP contribution in [0.5, 0.6) is 11.5 Å². The molecule has 1 aromatic heterocycles. The fourth-order valence-electron chi connectivity index (χ4n) is 4.50. The second-order valence-corrected chi connectivity index (χ2v) is 7.51. The first-order chi connectivity index (χ1) is 12.6. The van der Waals surface area contributed by atoms with E-state index in [4.69, 9.17) is 9.47 Å². The minimum Gasteiger partial charge on any atom is -0.493 e. The molecule has 0 radical (unpaired) electrons. The van der Waals surface area contributed by atoms with E-state index >= 15 is 0 Å². The molecule has 0 saturated heterocycles. The lowest BCUT2D eigenvalue weighted by molar-refractivity contribution is 0.352. The molecule has 0 aliphatic heterocycles. The third kappa shape index (κ3) is 2.86. The summed E-state index contributed by atoms with van der Waals surface area (Å²) < 4.78 is 11.0. The number of benzene rings is 2. The second-order valence-electron chi connectivity index (χ2n) is 7.51. The van der Waals surface area contributed by atoms with E-state index in [-0.39, 0.29) is 0 Å². The van der Waals surface area contributed by atoms with E-state index in [1.165, 1.54) is 52.5 Å². The van der Waals surface area contributed by atoms with Gasteiger partial charge in [-0.25, -0.2) is 0 Å². The van der Waals surface area contributed by atoms with Gasteiger partial charge in [0.25, 0.3) is 0 Å². The Kier molecular flexibility index (Phi) is 4.39. The Balaban J connectivity index is 1.71. The highest BCUT2D eigenvalue weighted by molar-refractivity contribution is 5.85. The van der Waals surface area contributed by atoms with E-state index in [1.807, 2.05) is 0 Å². The Bertz CT molecular complexity index is 954. The zero-order valence-electron chi connectivity index (χ0n) is 16.1. The van der Waals surface area contributed by atoms with Gasteiger partial charge in [-0.2, -0.15) is 0 Å². The number of aryl methyl sites for hydroxylation is 3. The molecule has 136 valence electrons. The van der Waals surface area contributed by atoms with Crippen LogP contribution in [0.25, 0.3) is 10.9 Å². The van der Waals surface area contributed by atoms with Gasteiger partial charge in [0.05, 0.1) is 14.2 Å². The molecule has 3 aromatic rings. The van der Waals surface area contributed by atoms with E-state index in [0.717, 1.165) is 23.5 Å². The molecule has 2 aromatic carbocycles. The first-order valence-corrected chi connectivity index (χ1v) is 9.43. The SMILES string of the molecule is COc1cc(CC2CCCc3c2[nH]c2ccc(C)cc32)cc(C)c1OC. The number of hydrogen-bond donors (Lipinski definition) is 1. The van der Waals surface area contributed by atoms with Crippen molar-refractivity contribution in [1.29, 1.82) is 0 Å². The molecule has 3 nitrogen and oxygen atoms in total. The predicted octanol–water partition coefficient (Wildman–Crippen LogP) is 5.46. The molecule has 0 fully saturated rings. The summed E-state index contributed by atoms with van der Waals surface area (Å²) >= 11 is 0. The van der Waals surface area contributed by atoms with Gasteiger partial charge >= 0.3 is 0 Å². The molecule has 1 atom stereocenters. The minimum absolute atomic E-state index is 0.531. The summed E-state index contributed by atoms with van der Waals surface area (Å²) in [6, 6.07) is 11.1. The number of methoxy groups -OCH3 is 2. The fraction of sp³-hybridized carbons (Fsp3) is 0.391. The Labute approximate surface area is 155 Å². The summed E-state index contributed by atoms with van der Waals surface area (Å²) in [5, 5.41) is 1.41. The van der Waals surface area contributed by atoms with Gasteiger partial charge in [-0.05, 0) is 74.4 Å². The van der Waals surface area contributed by atoms with Crippen molar-refractivity contribution in [1.82, 2.24) is 4.98 Å². The van der Waals surface area contributed by atoms with Crippen molar-refractivity contribution >= 4 is 10.9 Å². The topological polar surface area (TPSA) is 34.2 Å². The zero-order valence-corrected chi connectivity index (χ0v) is 16.1. The lowest BCUT2D eigenvalue weighted by Gasteiger charge is -2.23. The number of aromatic amines is 1. The van der Waals surface area contributed by atoms with Crippen LogP contribution < -0.4 is 9.47 Å². The molecule has 3 heteroatoms. The molecule has 0 bridgehead atoms. The van der Waals surface area contributed by atoms with E-state index < -0.39 is 0 Å². The average molecular weight is 349 g/mol. The molecule has 1 aliphatic carbocycles. The Hall–Kier alpha value is -2.42. The van der Waals surface area contributed by atoms with E-state index in [1.54, 1.807) is 14.2 Å². The van der Waals surface area contributed by atoms with E-state index in [0.29, 0.717) is 5.92 Å². The van der Waals surface area contributed by atoms with Crippen molar-refractivity contribution in [2.75, 3.05) is 14.2 Å². The van der Waals surface area contributed by atoms with Crippen molar-refractivity contribution < 1.29 is 9.47 Å². The van der Waals surface area contributed by atoms with Crippen LogP contribution in [-0.4, -0.2) is 19.2 Å². The maximum absolute atomic E-state index is 5.54. The van der Waals surface area contributed by atoms with E-state index in [9.17, 15) is 0 Å². The first-order valence-electron chi connectivity index (χ1n) is 9.43. The van der Waals surface area contributed by atoms with Crippen molar-refractivity contribution in [3.63, 3.8) is 0 Å². The third-order valence-corrected chi connectivity index (χ3v) is 5.69. The quantitative estimate of drug-likeness (QED) is 0.678. The van der Waals surface area contributed by atoms with Gasteiger partial charge in [0, 0.05) is 22.5 Å². The highest BCUT2D eigenvalue weighted by Gasteiger charge is 2.25. The molecule has 1 N–H and O–H groups in total. The van der Waals surface area contributed by atoms with Crippen LogP contribution in [0.1, 0.15) is 46.7 Å². The van der Waals surface area contributed by atoms with Crippen LogP contribution in [0.3, 0.4) is 0 Å². The van der Waals surface area contributed by atoms with Gasteiger partial charge in [-0.3, -0.25) is 0 Å². The van der Waals surface area contributed by atoms with Crippen LogP contribution in [0.15, 0.2) is 30.3 Å². The van der Waals surface area contributed by atoms with Crippen molar-refractivity contribution in [3.05, 3.63) is 58.3 Å². The lowest BCUT2D eigenvalue weighted by atomic mass is 9.82. The number of aromatic nitrogens is 1. The molecule has 0 spiro atoms. The van der Waals surface area contributed by atoms with Crippen LogP contribution in [0.4, 0.5) is 0 Å². The number of fused-ring (bicyclic) bond motifs is 3. The summed E-state index contributed by atoms with van der Waals surface area (Å²) in [4.78, 5) is 3.72. The third-order valence-electron chi connectivity index (χ3n) is 5.69. The number of hydrogen-bond acceptors (Lipinski definition) is 2. The maximum Gasteiger partial charge on any atom is 0.163 e. The Morgan fingerprint density at radius 1 is 1.08 bits per heavy atom. The summed E-state index contributed by atoms with van der Waals surface area (Å²) in [6.07, 6.45) is 4.69. The van der Waals surface area contributed by atoms with Crippen LogP contribution in [0, 0.1) is 13.8 Å². The molecule has 1 aliphatic rings. The number of rotatable bonds is 4. The molecular formula is C23H27NO2. The zero-order chi connectivity index (χ0) is 18.3. The van der Waals surface area contributed by atoms with Crippen molar-refractivity contribution in [3.8, 4) is 11.5 Å². The largest absolute Gasteiger partial charge is 0.493 e. The predicted molar refractivity (Wildman–Crippen MR) is 107 cm³/mol. The Morgan fingerprint density at radius 2 is 1.92 bits per heavy atom. The summed E-state index contributed by atoms with van der Waals surface area (Å²) in [7, 11) is 3.41. The monoisotopic (exact) mass is 349 g/mol. The summed E-state index contributed by atoms with van der Waals surface area (Å²) in [6.45, 7) is 4.26. The van der Waals surface area contributed by atoms with Gasteiger partial charge in [0.2, 0.25) is 0 Å². The first kappa shape index (κ1) is 17.0. The van der Waals surface area contributed by atoms with Gasteiger partial charge in [-0.1, -0.05) is 17.7 Å². The number of nitrogens with one attached hydrogen (secondary N) is 1. The molecule has 1 heterocycles. The summed E-state index contributed by atoms with van der Waals surface area (Å²) in [5.41, 5.74) is 8.01. The molecule has 0 saturated carbocycles. The fourth-order valence-corrected chi connectivity index (χ4v) is 4.50. The van der Waals surface area contributed by atoms with Gasteiger partial charge in [0.1, 0.15) is 0 Å². The normalized spacial score (nSPS) is 16.5. The Morgan fingerprint density at radius 3 is 2.69 bits per heavy atom. The van der Waals surface area contributed by atoms with Gasteiger partial charge in [0.15, 0.2) is 11.5 Å². The molecule has 26 heavy (non-hydrogen) atoms. The molecule has 1 unspecified atom stereocenters. The van der Waals surface area contributed by atoms with Gasteiger partial charge < -0.3 is 14.5 Å². The molecule has 4 rings (SSSR count). The maximum atomic E-state index is 5.54. The summed E-state index contributed by atoms with van der Waals surface area (Å²) in [5.74, 6) is 2.19. The van der Waals surface area contributed by atoms with Crippen molar-refractivity contribution in [2.45, 2.75) is 45.4 Å². The highest BCUT2D eigenvalue weighted by atomic mass is 16.5. The minimum atomic E-state index is 0.531. The smallest absolute Gasteiger partial charge is 0.163 e. The standard InChI is InChI=1S/C23H27NO2/c1-14-8-9-20-19(10-14)18-7-5-6-17(22(18)24-20)12-16-11-15(2)23(26-4)21(13-16)25-3/h8-11,13,17,24H,5-7,12H2,1-4H3. The molecule has 0 amide bonds. The lowest BCUT2D eigenvalue weighted by Crippen LogP contribution is -2.12. The van der Waals surface area contributed by atoms with Crippen LogP contribution in [-0.2, 0) is 12.8 Å². The second kappa shape index (κ2) is 6.71. The van der Waals surface area contributed by atoms with Crippen LogP contribution >= 0.6 is 0 Å². The average Bonchev–Trinajstić information content (AvgIpc) is 3.00. The molecular weight excluding hydrogens is 322 g/mol. The van der Waals surface area contributed by atoms with E-state index in [2.05, 4.69) is 49.2 Å². The highest BCUT2D eigenvalue weighted by Crippen LogP contribution is 2.40. The number of H-pyrrole nitrogens is 1. The van der Waals surface area contributed by atoms with Crippen molar-refractivity contribution in [2.24, 2.45) is 0 Å².